The molecule has 1 saturated heterocycles. The van der Waals surface area contributed by atoms with Crippen molar-refractivity contribution in [2.24, 2.45) is 0 Å². The lowest BCUT2D eigenvalue weighted by molar-refractivity contribution is 0.281. The van der Waals surface area contributed by atoms with E-state index in [4.69, 9.17) is 44.3 Å². The number of ether oxygens (including phenoxy) is 2. The number of hydrogen-bond donors (Lipinski definition) is 1. The fourth-order valence-corrected chi connectivity index (χ4v) is 5.27. The summed E-state index contributed by atoms with van der Waals surface area (Å²) in [5, 5.41) is 5.37. The van der Waals surface area contributed by atoms with Crippen molar-refractivity contribution in [1.29, 1.82) is 0 Å². The molecule has 1 fully saturated rings. The molecule has 0 aliphatic carbocycles. The molecule has 0 bridgehead atoms. The topological polar surface area (TPSA) is 33.7 Å². The number of methoxy groups -OCH3 is 1. The molecule has 180 valence electrons. The Balaban J connectivity index is 1.51. The van der Waals surface area contributed by atoms with Gasteiger partial charge < -0.3 is 19.7 Å². The first-order chi connectivity index (χ1) is 16.5. The van der Waals surface area contributed by atoms with Gasteiger partial charge in [0.05, 0.1) is 17.8 Å². The average Bonchev–Trinajstić information content (AvgIpc) is 2.83. The summed E-state index contributed by atoms with van der Waals surface area (Å²) in [7, 11) is 1.63. The molecule has 4 rings (SSSR count). The molecule has 0 atom stereocenters. The molecule has 8 heteroatoms. The third kappa shape index (κ3) is 6.06. The van der Waals surface area contributed by atoms with Gasteiger partial charge >= 0.3 is 0 Å². The van der Waals surface area contributed by atoms with Gasteiger partial charge in [0.25, 0.3) is 0 Å². The fraction of sp³-hybridized carbons (Fsp3) is 0.308. The minimum atomic E-state index is 0.284. The molecule has 1 heterocycles. The number of benzene rings is 3. The van der Waals surface area contributed by atoms with E-state index in [1.807, 2.05) is 24.3 Å². The first-order valence-corrected chi connectivity index (χ1v) is 13.1. The van der Waals surface area contributed by atoms with Gasteiger partial charge in [0, 0.05) is 51.0 Å². The summed E-state index contributed by atoms with van der Waals surface area (Å²) in [6.07, 6.45) is 3.71. The molecule has 0 saturated carbocycles. The zero-order chi connectivity index (χ0) is 24.1. The second kappa shape index (κ2) is 11.8. The average molecular weight is 585 g/mol. The van der Waals surface area contributed by atoms with Crippen LogP contribution >= 0.6 is 50.7 Å². The highest BCUT2D eigenvalue weighted by atomic mass is 79.9. The normalized spacial score (nSPS) is 13.6. The summed E-state index contributed by atoms with van der Waals surface area (Å²) in [5.41, 5.74) is 3.80. The van der Waals surface area contributed by atoms with Crippen molar-refractivity contribution in [3.8, 4) is 11.5 Å². The maximum absolute atomic E-state index is 6.64. The number of halogens is 4. The van der Waals surface area contributed by atoms with Crippen LogP contribution in [0.25, 0.3) is 0 Å². The minimum absolute atomic E-state index is 0.284. The van der Waals surface area contributed by atoms with Crippen molar-refractivity contribution in [3.63, 3.8) is 0 Å². The van der Waals surface area contributed by atoms with E-state index in [-0.39, 0.29) is 6.61 Å². The van der Waals surface area contributed by atoms with Gasteiger partial charge in [-0.15, -0.1) is 0 Å². The number of hydrogen-bond acceptors (Lipinski definition) is 4. The van der Waals surface area contributed by atoms with Gasteiger partial charge in [-0.25, -0.2) is 0 Å². The monoisotopic (exact) mass is 582 g/mol. The summed E-state index contributed by atoms with van der Waals surface area (Å²) < 4.78 is 12.7. The van der Waals surface area contributed by atoms with Crippen LogP contribution in [0.15, 0.2) is 53.0 Å². The molecule has 3 aromatic rings. The van der Waals surface area contributed by atoms with Gasteiger partial charge in [0.15, 0.2) is 11.5 Å². The predicted octanol–water partition coefficient (Wildman–Crippen LogP) is 8.60. The smallest absolute Gasteiger partial charge is 0.167 e. The van der Waals surface area contributed by atoms with Crippen LogP contribution in [0.3, 0.4) is 0 Å². The molecule has 3 aromatic carbocycles. The van der Waals surface area contributed by atoms with Crippen molar-refractivity contribution >= 4 is 62.1 Å². The molecular weight excluding hydrogens is 559 g/mol. The summed E-state index contributed by atoms with van der Waals surface area (Å²) in [6.45, 7) is 2.91. The van der Waals surface area contributed by atoms with Gasteiger partial charge in [-0.3, -0.25) is 0 Å². The Bertz CT molecular complexity index is 1150. The van der Waals surface area contributed by atoms with Gasteiger partial charge in [-0.05, 0) is 61.7 Å². The van der Waals surface area contributed by atoms with Crippen molar-refractivity contribution in [2.75, 3.05) is 30.4 Å². The zero-order valence-corrected chi connectivity index (χ0v) is 22.7. The highest BCUT2D eigenvalue weighted by molar-refractivity contribution is 9.10. The third-order valence-corrected chi connectivity index (χ3v) is 7.52. The van der Waals surface area contributed by atoms with Gasteiger partial charge in [-0.1, -0.05) is 56.8 Å². The summed E-state index contributed by atoms with van der Waals surface area (Å²) >= 11 is 22.7. The first kappa shape index (κ1) is 25.3. The molecule has 1 aliphatic heterocycles. The van der Waals surface area contributed by atoms with Crippen molar-refractivity contribution < 1.29 is 9.47 Å². The Labute approximate surface area is 224 Å². The van der Waals surface area contributed by atoms with E-state index in [9.17, 15) is 0 Å². The molecule has 0 spiro atoms. The van der Waals surface area contributed by atoms with E-state index < -0.39 is 0 Å². The molecule has 4 nitrogen and oxygen atoms in total. The quantitative estimate of drug-likeness (QED) is 0.288. The van der Waals surface area contributed by atoms with Crippen LogP contribution in [0.4, 0.5) is 11.4 Å². The lowest BCUT2D eigenvalue weighted by Gasteiger charge is -2.29. The van der Waals surface area contributed by atoms with Crippen LogP contribution in [0, 0.1) is 0 Å². The largest absolute Gasteiger partial charge is 0.493 e. The van der Waals surface area contributed by atoms with Crippen LogP contribution in [0.2, 0.25) is 15.1 Å². The lowest BCUT2D eigenvalue weighted by atomic mass is 10.1. The standard InChI is InChI=1S/C26H26BrCl3N2O2/c1-33-25-10-8-21(27)20(26(25)34-16-17-5-6-18(28)13-22(17)29)15-31-19-7-9-24(23(30)14-19)32-11-3-2-4-12-32/h5-10,13-14,31H,2-4,11-12,15-16H2,1H3. The van der Waals surface area contributed by atoms with Gasteiger partial charge in [0.1, 0.15) is 6.61 Å². The molecule has 0 radical (unpaired) electrons. The Morgan fingerprint density at radius 1 is 0.941 bits per heavy atom. The highest BCUT2D eigenvalue weighted by Crippen LogP contribution is 2.38. The second-order valence-electron chi connectivity index (χ2n) is 8.15. The summed E-state index contributed by atoms with van der Waals surface area (Å²) in [4.78, 5) is 2.36. The first-order valence-electron chi connectivity index (χ1n) is 11.2. The lowest BCUT2D eigenvalue weighted by Crippen LogP contribution is -2.29. The molecule has 1 N–H and O–H groups in total. The van der Waals surface area contributed by atoms with Crippen LogP contribution < -0.4 is 19.7 Å². The van der Waals surface area contributed by atoms with Crippen LogP contribution in [-0.2, 0) is 13.2 Å². The highest BCUT2D eigenvalue weighted by Gasteiger charge is 2.17. The predicted molar refractivity (Wildman–Crippen MR) is 146 cm³/mol. The maximum Gasteiger partial charge on any atom is 0.167 e. The van der Waals surface area contributed by atoms with E-state index in [0.717, 1.165) is 45.1 Å². The number of rotatable bonds is 8. The van der Waals surface area contributed by atoms with Crippen LogP contribution in [-0.4, -0.2) is 20.2 Å². The van der Waals surface area contributed by atoms with Gasteiger partial charge in [0.2, 0.25) is 0 Å². The van der Waals surface area contributed by atoms with E-state index in [0.29, 0.717) is 28.1 Å². The van der Waals surface area contributed by atoms with Crippen molar-refractivity contribution in [1.82, 2.24) is 0 Å². The third-order valence-electron chi connectivity index (χ3n) is 5.89. The minimum Gasteiger partial charge on any atom is -0.493 e. The molecule has 1 aliphatic rings. The van der Waals surface area contributed by atoms with Crippen LogP contribution in [0.5, 0.6) is 11.5 Å². The second-order valence-corrected chi connectivity index (χ2v) is 10.3. The van der Waals surface area contributed by atoms with E-state index in [2.05, 4.69) is 38.3 Å². The van der Waals surface area contributed by atoms with Gasteiger partial charge in [-0.2, -0.15) is 0 Å². The SMILES string of the molecule is COc1ccc(Br)c(CNc2ccc(N3CCCCC3)c(Cl)c2)c1OCc1ccc(Cl)cc1Cl. The van der Waals surface area contributed by atoms with E-state index >= 15 is 0 Å². The zero-order valence-electron chi connectivity index (χ0n) is 18.8. The number of piperidine rings is 1. The molecule has 0 unspecified atom stereocenters. The fourth-order valence-electron chi connectivity index (χ4n) is 4.05. The number of anilines is 2. The Morgan fingerprint density at radius 2 is 1.74 bits per heavy atom. The Kier molecular flexibility index (Phi) is 8.75. The maximum atomic E-state index is 6.64. The molecular formula is C26H26BrCl3N2O2. The molecule has 34 heavy (non-hydrogen) atoms. The van der Waals surface area contributed by atoms with Crippen LogP contribution in [0.1, 0.15) is 30.4 Å². The van der Waals surface area contributed by atoms with Crippen molar-refractivity contribution in [2.45, 2.75) is 32.4 Å². The van der Waals surface area contributed by atoms with E-state index in [1.165, 1.54) is 19.3 Å². The van der Waals surface area contributed by atoms with Crippen molar-refractivity contribution in [3.05, 3.63) is 79.2 Å². The summed E-state index contributed by atoms with van der Waals surface area (Å²) in [5.74, 6) is 1.29. The summed E-state index contributed by atoms with van der Waals surface area (Å²) in [6, 6.07) is 15.3. The van der Waals surface area contributed by atoms with E-state index in [1.54, 1.807) is 19.2 Å². The Morgan fingerprint density at radius 3 is 2.44 bits per heavy atom. The number of nitrogens with one attached hydrogen (secondary N) is 1. The Hall–Kier alpha value is -1.79. The number of nitrogens with zero attached hydrogens (tertiary/aromatic N) is 1. The molecule has 0 amide bonds. The molecule has 0 aromatic heterocycles.